The Morgan fingerprint density at radius 2 is 0.557 bits per heavy atom. The normalized spacial score (nSPS) is 13.1. The van der Waals surface area contributed by atoms with Crippen molar-refractivity contribution in [1.29, 1.82) is 0 Å². The molecule has 0 aliphatic heterocycles. The fraction of sp³-hybridized carbons (Fsp3) is 0.609. The maximum atomic E-state index is 12.8. The van der Waals surface area contributed by atoms with Crippen molar-refractivity contribution in [2.45, 2.75) is 239 Å². The van der Waals surface area contributed by atoms with Gasteiger partial charge in [-0.05, 0) is 122 Å². The SMILES string of the molecule is CC/C=C\C/C=C\C/C=C\C/C=C\C/C=C\C/C=C\C/C=C\C/C=C\C/C=C\CCCCCC(=O)OCC(COC(=O)CCCCCCCC)OC(=O)CCCCCCC/C=C\C/C=C\CCCCC. The van der Waals surface area contributed by atoms with Crippen molar-refractivity contribution in [2.24, 2.45) is 0 Å². The predicted molar refractivity (Wildman–Crippen MR) is 302 cm³/mol. The molecule has 70 heavy (non-hydrogen) atoms. The first kappa shape index (κ1) is 65.5. The van der Waals surface area contributed by atoms with Crippen LogP contribution >= 0.6 is 0 Å². The second kappa shape index (κ2) is 57.1. The Kier molecular flexibility index (Phi) is 53.5. The van der Waals surface area contributed by atoms with Gasteiger partial charge in [0.05, 0.1) is 0 Å². The lowest BCUT2D eigenvalue weighted by molar-refractivity contribution is -0.167. The van der Waals surface area contributed by atoms with E-state index in [0.29, 0.717) is 19.3 Å². The average molecular weight is 968 g/mol. The molecule has 0 spiro atoms. The molecule has 6 heteroatoms. The number of hydrogen-bond acceptors (Lipinski definition) is 6. The molecule has 0 aromatic rings. The third-order valence-corrected chi connectivity index (χ3v) is 11.4. The largest absolute Gasteiger partial charge is 0.462 e. The van der Waals surface area contributed by atoms with Gasteiger partial charge in [-0.25, -0.2) is 0 Å². The van der Waals surface area contributed by atoms with E-state index in [1.54, 1.807) is 0 Å². The molecule has 0 aromatic heterocycles. The van der Waals surface area contributed by atoms with Crippen LogP contribution in [0.2, 0.25) is 0 Å². The standard InChI is InChI=1S/C64H102O6/c1-4-7-10-13-16-18-20-22-24-25-26-27-28-29-30-31-32-33-34-35-36-37-38-39-41-42-44-46-48-51-54-57-63(66)69-60-61(59-68-62(65)56-53-50-15-12-9-6-3)70-64(67)58-55-52-49-47-45-43-40-23-21-19-17-14-11-8-5-2/h7,10,16-19,22-24,26-27,29-30,32-33,35-36,38-40,42,44,61H,4-6,8-9,11-15,20-21,25,28,31,34,37,41,43,45-60H2,1-3H3/b10-7-,18-16-,19-17-,24-22-,27-26-,30-29-,33-32-,36-35-,39-38-,40-23-,44-42-. The summed E-state index contributed by atoms with van der Waals surface area (Å²) in [6.45, 7) is 6.38. The van der Waals surface area contributed by atoms with Crippen LogP contribution in [-0.4, -0.2) is 37.2 Å². The molecule has 0 saturated carbocycles. The lowest BCUT2D eigenvalue weighted by Gasteiger charge is -2.18. The molecule has 0 aliphatic rings. The summed E-state index contributed by atoms with van der Waals surface area (Å²) in [6, 6.07) is 0. The lowest BCUT2D eigenvalue weighted by atomic mass is 10.1. The molecule has 0 radical (unpaired) electrons. The van der Waals surface area contributed by atoms with E-state index in [-0.39, 0.29) is 31.1 Å². The summed E-state index contributed by atoms with van der Waals surface area (Å²) >= 11 is 0. The summed E-state index contributed by atoms with van der Waals surface area (Å²) in [5.41, 5.74) is 0. The summed E-state index contributed by atoms with van der Waals surface area (Å²) < 4.78 is 16.7. The van der Waals surface area contributed by atoms with Crippen molar-refractivity contribution < 1.29 is 28.6 Å². The zero-order chi connectivity index (χ0) is 50.7. The Balaban J connectivity index is 4.24. The number of rotatable bonds is 49. The highest BCUT2D eigenvalue weighted by Gasteiger charge is 2.19. The minimum Gasteiger partial charge on any atom is -0.462 e. The Morgan fingerprint density at radius 1 is 0.300 bits per heavy atom. The number of hydrogen-bond donors (Lipinski definition) is 0. The first-order chi connectivity index (χ1) is 34.5. The number of ether oxygens (including phenoxy) is 3. The van der Waals surface area contributed by atoms with Crippen molar-refractivity contribution >= 4 is 17.9 Å². The summed E-state index contributed by atoms with van der Waals surface area (Å²) in [6.07, 6.45) is 80.4. The van der Waals surface area contributed by atoms with Crippen LogP contribution in [0, 0.1) is 0 Å². The van der Waals surface area contributed by atoms with Crippen molar-refractivity contribution in [3.63, 3.8) is 0 Å². The predicted octanol–water partition coefficient (Wildman–Crippen LogP) is 19.0. The first-order valence-electron chi connectivity index (χ1n) is 28.2. The van der Waals surface area contributed by atoms with Gasteiger partial charge >= 0.3 is 17.9 Å². The van der Waals surface area contributed by atoms with Crippen LogP contribution in [0.15, 0.2) is 134 Å². The summed E-state index contributed by atoms with van der Waals surface area (Å²) in [5, 5.41) is 0. The highest BCUT2D eigenvalue weighted by Crippen LogP contribution is 2.12. The van der Waals surface area contributed by atoms with Crippen LogP contribution in [0.4, 0.5) is 0 Å². The van der Waals surface area contributed by atoms with Gasteiger partial charge in [0, 0.05) is 19.3 Å². The van der Waals surface area contributed by atoms with Crippen molar-refractivity contribution in [1.82, 2.24) is 0 Å². The molecular formula is C64H102O6. The molecule has 0 aliphatic carbocycles. The van der Waals surface area contributed by atoms with Crippen LogP contribution in [0.3, 0.4) is 0 Å². The van der Waals surface area contributed by atoms with Gasteiger partial charge in [0.25, 0.3) is 0 Å². The highest BCUT2D eigenvalue weighted by molar-refractivity contribution is 5.71. The van der Waals surface area contributed by atoms with Crippen molar-refractivity contribution in [3.05, 3.63) is 134 Å². The fourth-order valence-corrected chi connectivity index (χ4v) is 7.17. The number of carbonyl (C=O) groups is 3. The fourth-order valence-electron chi connectivity index (χ4n) is 7.17. The van der Waals surface area contributed by atoms with Crippen LogP contribution in [-0.2, 0) is 28.6 Å². The number of carbonyl (C=O) groups excluding carboxylic acids is 3. The van der Waals surface area contributed by atoms with E-state index in [4.69, 9.17) is 14.2 Å². The van der Waals surface area contributed by atoms with E-state index in [1.807, 2.05) is 0 Å². The second-order valence-corrected chi connectivity index (χ2v) is 18.1. The minimum atomic E-state index is -0.800. The zero-order valence-corrected chi connectivity index (χ0v) is 45.0. The van der Waals surface area contributed by atoms with Crippen molar-refractivity contribution in [3.8, 4) is 0 Å². The molecular weight excluding hydrogens is 865 g/mol. The Bertz CT molecular complexity index is 1530. The first-order valence-corrected chi connectivity index (χ1v) is 28.2. The molecule has 0 N–H and O–H groups in total. The monoisotopic (exact) mass is 967 g/mol. The van der Waals surface area contributed by atoms with Gasteiger partial charge in [-0.2, -0.15) is 0 Å². The molecule has 6 nitrogen and oxygen atoms in total. The third kappa shape index (κ3) is 54.5. The van der Waals surface area contributed by atoms with Gasteiger partial charge in [0.1, 0.15) is 13.2 Å². The smallest absolute Gasteiger partial charge is 0.306 e. The van der Waals surface area contributed by atoms with E-state index in [1.165, 1.54) is 44.9 Å². The molecule has 0 aromatic carbocycles. The van der Waals surface area contributed by atoms with E-state index in [9.17, 15) is 14.4 Å². The highest BCUT2D eigenvalue weighted by atomic mass is 16.6. The van der Waals surface area contributed by atoms with E-state index in [2.05, 4.69) is 154 Å². The van der Waals surface area contributed by atoms with Gasteiger partial charge in [-0.15, -0.1) is 0 Å². The van der Waals surface area contributed by atoms with E-state index < -0.39 is 6.10 Å². The second-order valence-electron chi connectivity index (χ2n) is 18.1. The van der Waals surface area contributed by atoms with Gasteiger partial charge in [-0.1, -0.05) is 225 Å². The molecule has 1 atom stereocenters. The van der Waals surface area contributed by atoms with E-state index >= 15 is 0 Å². The number of allylic oxidation sites excluding steroid dienone is 22. The topological polar surface area (TPSA) is 78.9 Å². The zero-order valence-electron chi connectivity index (χ0n) is 45.0. The molecule has 0 fully saturated rings. The van der Waals surface area contributed by atoms with Crippen LogP contribution in [0.1, 0.15) is 233 Å². The molecule has 0 rings (SSSR count). The summed E-state index contributed by atoms with van der Waals surface area (Å²) in [5.74, 6) is -0.964. The van der Waals surface area contributed by atoms with Crippen LogP contribution < -0.4 is 0 Å². The molecule has 0 saturated heterocycles. The minimum absolute atomic E-state index is 0.0981. The quantitative estimate of drug-likeness (QED) is 0.0262. The average Bonchev–Trinajstić information content (AvgIpc) is 3.36. The van der Waals surface area contributed by atoms with Gasteiger partial charge < -0.3 is 14.2 Å². The van der Waals surface area contributed by atoms with Gasteiger partial charge in [0.15, 0.2) is 6.10 Å². The van der Waals surface area contributed by atoms with Gasteiger partial charge in [0.2, 0.25) is 0 Å². The Labute approximate surface area is 430 Å². The number of unbranched alkanes of at least 4 members (excludes halogenated alkanes) is 16. The molecule has 0 bridgehead atoms. The Morgan fingerprint density at radius 3 is 0.914 bits per heavy atom. The number of esters is 3. The van der Waals surface area contributed by atoms with Crippen molar-refractivity contribution in [2.75, 3.05) is 13.2 Å². The third-order valence-electron chi connectivity index (χ3n) is 11.4. The maximum Gasteiger partial charge on any atom is 0.306 e. The van der Waals surface area contributed by atoms with E-state index in [0.717, 1.165) is 148 Å². The molecule has 1 unspecified atom stereocenters. The van der Waals surface area contributed by atoms with Crippen LogP contribution in [0.25, 0.3) is 0 Å². The lowest BCUT2D eigenvalue weighted by Crippen LogP contribution is -2.30. The molecule has 0 amide bonds. The summed E-state index contributed by atoms with van der Waals surface area (Å²) in [4.78, 5) is 37.8. The van der Waals surface area contributed by atoms with Crippen LogP contribution in [0.5, 0.6) is 0 Å². The summed E-state index contributed by atoms with van der Waals surface area (Å²) in [7, 11) is 0. The van der Waals surface area contributed by atoms with Gasteiger partial charge in [-0.3, -0.25) is 14.4 Å². The Hall–Kier alpha value is -4.45. The maximum absolute atomic E-state index is 12.8. The molecule has 0 heterocycles. The molecule has 394 valence electrons.